The Morgan fingerprint density at radius 1 is 1.54 bits per heavy atom. The first-order valence-corrected chi connectivity index (χ1v) is 5.16. The molecular weight excluding hydrogens is 188 g/mol. The van der Waals surface area contributed by atoms with E-state index in [9.17, 15) is 4.79 Å². The summed E-state index contributed by atoms with van der Waals surface area (Å²) in [6, 6.07) is 0.460. The first-order chi connectivity index (χ1) is 6.15. The molecule has 0 aromatic carbocycles. The van der Waals surface area contributed by atoms with Gasteiger partial charge >= 0.3 is 0 Å². The molecule has 0 aliphatic carbocycles. The third-order valence-corrected chi connectivity index (χ3v) is 2.15. The van der Waals surface area contributed by atoms with Gasteiger partial charge in [-0.2, -0.15) is 0 Å². The summed E-state index contributed by atoms with van der Waals surface area (Å²) in [6.07, 6.45) is 1.69. The summed E-state index contributed by atoms with van der Waals surface area (Å²) >= 11 is 5.64. The van der Waals surface area contributed by atoms with Crippen LogP contribution >= 0.6 is 11.6 Å². The van der Waals surface area contributed by atoms with Gasteiger partial charge < -0.3 is 15.8 Å². The minimum Gasteiger partial charge on any atom is -0.330 e. The highest BCUT2D eigenvalue weighted by molar-refractivity contribution is 6.17. The predicted octanol–water partition coefficient (Wildman–Crippen LogP) is 0.756. The van der Waals surface area contributed by atoms with E-state index < -0.39 is 0 Å². The summed E-state index contributed by atoms with van der Waals surface area (Å²) in [7, 11) is 0. The molecule has 0 aromatic rings. The van der Waals surface area contributed by atoms with Crippen LogP contribution in [0.2, 0.25) is 0 Å². The minimum atomic E-state index is -0.124. The lowest BCUT2D eigenvalue weighted by Gasteiger charge is -2.24. The highest BCUT2D eigenvalue weighted by atomic mass is 35.5. The van der Waals surface area contributed by atoms with Crippen LogP contribution < -0.4 is 11.1 Å². The molecule has 0 aliphatic rings. The predicted molar refractivity (Wildman–Crippen MR) is 56.0 cm³/mol. The van der Waals surface area contributed by atoms with Gasteiger partial charge in [-0.05, 0) is 6.42 Å². The molecule has 3 N–H and O–H groups in total. The van der Waals surface area contributed by atoms with Crippen molar-refractivity contribution in [1.29, 1.82) is 0 Å². The highest BCUT2D eigenvalue weighted by Crippen LogP contribution is 2.06. The third-order valence-electron chi connectivity index (χ3n) is 1.93. The molecule has 13 heavy (non-hydrogen) atoms. The molecule has 0 fully saturated rings. The molecule has 0 saturated carbocycles. The second-order valence-corrected chi connectivity index (χ2v) is 3.82. The molecule has 3 nitrogen and oxygen atoms in total. The van der Waals surface area contributed by atoms with Crippen molar-refractivity contribution in [1.82, 2.24) is 5.32 Å². The van der Waals surface area contributed by atoms with Crippen LogP contribution in [0.3, 0.4) is 0 Å². The van der Waals surface area contributed by atoms with Gasteiger partial charge in [0.05, 0.1) is 0 Å². The van der Waals surface area contributed by atoms with Gasteiger partial charge in [-0.15, -0.1) is 11.6 Å². The van der Waals surface area contributed by atoms with Gasteiger partial charge in [0, 0.05) is 30.4 Å². The highest BCUT2D eigenvalue weighted by Gasteiger charge is 2.19. The smallest absolute Gasteiger partial charge is 0.125 e. The van der Waals surface area contributed by atoms with E-state index in [1.807, 2.05) is 13.8 Å². The zero-order chi connectivity index (χ0) is 10.3. The van der Waals surface area contributed by atoms with E-state index >= 15 is 0 Å². The molecule has 0 aliphatic heterocycles. The maximum atomic E-state index is 10.7. The minimum absolute atomic E-state index is 0.111. The molecule has 0 heterocycles. The monoisotopic (exact) mass is 206 g/mol. The maximum Gasteiger partial charge on any atom is 0.125 e. The summed E-state index contributed by atoms with van der Waals surface area (Å²) in [5.41, 5.74) is 5.48. The van der Waals surface area contributed by atoms with E-state index in [4.69, 9.17) is 17.3 Å². The number of halogens is 1. The molecule has 1 unspecified atom stereocenters. The van der Waals surface area contributed by atoms with Gasteiger partial charge in [-0.25, -0.2) is 0 Å². The van der Waals surface area contributed by atoms with Crippen molar-refractivity contribution in [2.45, 2.75) is 32.4 Å². The molecular formula is C9H19ClN2O. The van der Waals surface area contributed by atoms with E-state index in [-0.39, 0.29) is 12.0 Å². The van der Waals surface area contributed by atoms with Crippen LogP contribution in [0.4, 0.5) is 0 Å². The number of nitrogens with two attached hydrogens (primary N) is 1. The van der Waals surface area contributed by atoms with E-state index in [0.29, 0.717) is 18.5 Å². The van der Waals surface area contributed by atoms with Gasteiger partial charge in [0.25, 0.3) is 0 Å². The molecule has 0 radical (unpaired) electrons. The average molecular weight is 207 g/mol. The summed E-state index contributed by atoms with van der Waals surface area (Å²) < 4.78 is 0. The van der Waals surface area contributed by atoms with Gasteiger partial charge in [0.1, 0.15) is 6.29 Å². The van der Waals surface area contributed by atoms with Crippen LogP contribution in [0.15, 0.2) is 0 Å². The third kappa shape index (κ3) is 5.24. The number of aldehydes is 1. The van der Waals surface area contributed by atoms with Gasteiger partial charge in [0.2, 0.25) is 0 Å². The molecule has 0 bridgehead atoms. The Morgan fingerprint density at radius 3 is 2.46 bits per heavy atom. The maximum absolute atomic E-state index is 10.7. The Morgan fingerprint density at radius 2 is 2.15 bits per heavy atom. The Hall–Kier alpha value is -0.120. The second-order valence-electron chi connectivity index (χ2n) is 3.44. The number of carbonyl (C=O) groups excluding carboxylic acids is 1. The van der Waals surface area contributed by atoms with Crippen molar-refractivity contribution >= 4 is 17.9 Å². The van der Waals surface area contributed by atoms with Crippen molar-refractivity contribution in [3.05, 3.63) is 0 Å². The summed E-state index contributed by atoms with van der Waals surface area (Å²) in [5.74, 6) is 0.426. The SMILES string of the molecule is CC(C)N[C@H](CCCl)C(C=O)CN. The van der Waals surface area contributed by atoms with Crippen LogP contribution in [0.5, 0.6) is 0 Å². The van der Waals surface area contributed by atoms with Crippen molar-refractivity contribution < 1.29 is 4.79 Å². The lowest BCUT2D eigenvalue weighted by Crippen LogP contribution is -2.44. The van der Waals surface area contributed by atoms with Crippen molar-refractivity contribution in [2.75, 3.05) is 12.4 Å². The molecule has 0 rings (SSSR count). The first kappa shape index (κ1) is 12.9. The van der Waals surface area contributed by atoms with E-state index in [2.05, 4.69) is 5.32 Å². The number of hydrogen-bond donors (Lipinski definition) is 2. The zero-order valence-corrected chi connectivity index (χ0v) is 9.05. The van der Waals surface area contributed by atoms with Gasteiger partial charge in [-0.1, -0.05) is 13.8 Å². The number of carbonyl (C=O) groups is 1. The Bertz CT molecular complexity index is 142. The first-order valence-electron chi connectivity index (χ1n) is 4.63. The Kier molecular flexibility index (Phi) is 7.23. The Balaban J connectivity index is 4.11. The van der Waals surface area contributed by atoms with E-state index in [1.165, 1.54) is 0 Å². The number of hydrogen-bond acceptors (Lipinski definition) is 3. The van der Waals surface area contributed by atoms with Crippen LogP contribution in [-0.4, -0.2) is 30.8 Å². The van der Waals surface area contributed by atoms with Crippen LogP contribution in [0.1, 0.15) is 20.3 Å². The number of alkyl halides is 1. The Labute approximate surface area is 85.0 Å². The molecule has 4 heteroatoms. The normalized spacial score (nSPS) is 15.8. The van der Waals surface area contributed by atoms with Crippen molar-refractivity contribution in [2.24, 2.45) is 11.7 Å². The fourth-order valence-electron chi connectivity index (χ4n) is 1.28. The lowest BCUT2D eigenvalue weighted by molar-refractivity contribution is -0.111. The fourth-order valence-corrected chi connectivity index (χ4v) is 1.52. The van der Waals surface area contributed by atoms with Gasteiger partial charge in [-0.3, -0.25) is 0 Å². The molecule has 78 valence electrons. The zero-order valence-electron chi connectivity index (χ0n) is 8.29. The molecule has 0 aromatic heterocycles. The summed E-state index contributed by atoms with van der Waals surface area (Å²) in [5, 5.41) is 3.29. The molecule has 2 atom stereocenters. The van der Waals surface area contributed by atoms with Crippen LogP contribution in [0, 0.1) is 5.92 Å². The van der Waals surface area contributed by atoms with Crippen LogP contribution in [0.25, 0.3) is 0 Å². The fraction of sp³-hybridized carbons (Fsp3) is 0.889. The van der Waals surface area contributed by atoms with Crippen LogP contribution in [-0.2, 0) is 4.79 Å². The lowest BCUT2D eigenvalue weighted by atomic mass is 9.98. The largest absolute Gasteiger partial charge is 0.330 e. The topological polar surface area (TPSA) is 55.1 Å². The second kappa shape index (κ2) is 7.30. The number of rotatable bonds is 7. The standard InChI is InChI=1S/C9H19ClN2O/c1-7(2)12-9(3-4-10)8(5-11)6-13/h6-9,12H,3-5,11H2,1-2H3/t8?,9-/m1/s1. The van der Waals surface area contributed by atoms with E-state index in [0.717, 1.165) is 12.7 Å². The molecule has 0 amide bonds. The van der Waals surface area contributed by atoms with E-state index in [1.54, 1.807) is 0 Å². The summed E-state index contributed by atoms with van der Waals surface area (Å²) in [4.78, 5) is 10.7. The van der Waals surface area contributed by atoms with Crippen molar-refractivity contribution in [3.8, 4) is 0 Å². The molecule has 0 spiro atoms. The number of nitrogens with one attached hydrogen (secondary N) is 1. The quantitative estimate of drug-likeness (QED) is 0.478. The summed E-state index contributed by atoms with van der Waals surface area (Å²) in [6.45, 7) is 4.46. The molecule has 0 saturated heterocycles. The van der Waals surface area contributed by atoms with Gasteiger partial charge in [0.15, 0.2) is 0 Å². The van der Waals surface area contributed by atoms with Crippen molar-refractivity contribution in [3.63, 3.8) is 0 Å². The average Bonchev–Trinajstić information content (AvgIpc) is 2.05.